The van der Waals surface area contributed by atoms with Crippen LogP contribution in [0.15, 0.2) is 54.9 Å². The Kier molecular flexibility index (Phi) is 3.50. The van der Waals surface area contributed by atoms with Gasteiger partial charge in [0.1, 0.15) is 18.4 Å². The molecule has 0 radical (unpaired) electrons. The summed E-state index contributed by atoms with van der Waals surface area (Å²) in [5.74, 6) is -0.416. The molecule has 1 aromatic carbocycles. The van der Waals surface area contributed by atoms with Crippen LogP contribution >= 0.6 is 0 Å². The standard InChI is InChI=1S/C17H12N2O3/c18-9-15-13(10-19-8-2-1-3-16(15)19)11-22-17(21)12-4-6-14(20)7-5-12/h1-8,10,20H,11H2. The minimum Gasteiger partial charge on any atom is -0.508 e. The van der Waals surface area contributed by atoms with E-state index in [1.54, 1.807) is 6.20 Å². The summed E-state index contributed by atoms with van der Waals surface area (Å²) in [5.41, 5.74) is 2.28. The van der Waals surface area contributed by atoms with Crippen molar-refractivity contribution in [3.8, 4) is 11.8 Å². The Morgan fingerprint density at radius 1 is 1.23 bits per heavy atom. The lowest BCUT2D eigenvalue weighted by atomic mass is 10.2. The van der Waals surface area contributed by atoms with E-state index in [2.05, 4.69) is 6.07 Å². The molecule has 3 rings (SSSR count). The highest BCUT2D eigenvalue weighted by Gasteiger charge is 2.13. The molecule has 22 heavy (non-hydrogen) atoms. The van der Waals surface area contributed by atoms with E-state index in [0.29, 0.717) is 16.7 Å². The summed E-state index contributed by atoms with van der Waals surface area (Å²) >= 11 is 0. The average Bonchev–Trinajstić information content (AvgIpc) is 2.90. The summed E-state index contributed by atoms with van der Waals surface area (Å²) in [6, 6.07) is 13.5. The van der Waals surface area contributed by atoms with Gasteiger partial charge in [-0.2, -0.15) is 5.26 Å². The van der Waals surface area contributed by atoms with Gasteiger partial charge in [-0.1, -0.05) is 6.07 Å². The maximum absolute atomic E-state index is 12.0. The molecule has 0 atom stereocenters. The van der Waals surface area contributed by atoms with E-state index in [1.165, 1.54) is 24.3 Å². The van der Waals surface area contributed by atoms with Crippen LogP contribution < -0.4 is 0 Å². The molecule has 0 spiro atoms. The molecule has 5 heteroatoms. The number of ether oxygens (including phenoxy) is 1. The van der Waals surface area contributed by atoms with Crippen LogP contribution in [-0.2, 0) is 11.3 Å². The molecule has 0 amide bonds. The van der Waals surface area contributed by atoms with E-state index in [4.69, 9.17) is 4.74 Å². The van der Waals surface area contributed by atoms with E-state index < -0.39 is 5.97 Å². The molecule has 0 fully saturated rings. The van der Waals surface area contributed by atoms with Gasteiger partial charge in [-0.3, -0.25) is 0 Å². The van der Waals surface area contributed by atoms with Gasteiger partial charge in [0, 0.05) is 18.0 Å². The largest absolute Gasteiger partial charge is 0.508 e. The number of fused-ring (bicyclic) bond motifs is 1. The smallest absolute Gasteiger partial charge is 0.338 e. The molecule has 0 aliphatic carbocycles. The number of aromatic hydroxyl groups is 1. The fraction of sp³-hybridized carbons (Fsp3) is 0.0588. The monoisotopic (exact) mass is 292 g/mol. The number of nitriles is 1. The Balaban J connectivity index is 1.81. The molecule has 5 nitrogen and oxygen atoms in total. The first-order valence-electron chi connectivity index (χ1n) is 6.64. The lowest BCUT2D eigenvalue weighted by molar-refractivity contribution is 0.0472. The predicted octanol–water partition coefficient (Wildman–Crippen LogP) is 2.87. The number of esters is 1. The van der Waals surface area contributed by atoms with Crippen molar-refractivity contribution in [3.63, 3.8) is 0 Å². The first-order valence-corrected chi connectivity index (χ1v) is 6.64. The lowest BCUT2D eigenvalue weighted by Crippen LogP contribution is -2.05. The quantitative estimate of drug-likeness (QED) is 0.753. The van der Waals surface area contributed by atoms with E-state index in [9.17, 15) is 15.2 Å². The maximum Gasteiger partial charge on any atom is 0.338 e. The number of rotatable bonds is 3. The molecule has 0 aliphatic heterocycles. The lowest BCUT2D eigenvalue weighted by Gasteiger charge is -2.04. The van der Waals surface area contributed by atoms with Gasteiger partial charge in [0.05, 0.1) is 16.6 Å². The van der Waals surface area contributed by atoms with Crippen molar-refractivity contribution in [1.29, 1.82) is 5.26 Å². The molecule has 108 valence electrons. The third-order valence-electron chi connectivity index (χ3n) is 3.34. The van der Waals surface area contributed by atoms with Gasteiger partial charge >= 0.3 is 5.97 Å². The summed E-state index contributed by atoms with van der Waals surface area (Å²) in [4.78, 5) is 12.0. The van der Waals surface area contributed by atoms with Gasteiger partial charge in [0.25, 0.3) is 0 Å². The first kappa shape index (κ1) is 13.7. The molecule has 0 aliphatic rings. The zero-order chi connectivity index (χ0) is 15.5. The summed E-state index contributed by atoms with van der Waals surface area (Å²) in [5, 5.41) is 18.5. The second-order valence-electron chi connectivity index (χ2n) is 4.76. The van der Waals surface area contributed by atoms with Crippen molar-refractivity contribution in [2.75, 3.05) is 0 Å². The Hall–Kier alpha value is -3.26. The number of phenolic OH excluding ortho intramolecular Hbond substituents is 1. The van der Waals surface area contributed by atoms with Crippen molar-refractivity contribution in [2.24, 2.45) is 0 Å². The van der Waals surface area contributed by atoms with Crippen LogP contribution in [0.4, 0.5) is 0 Å². The third-order valence-corrected chi connectivity index (χ3v) is 3.34. The summed E-state index contributed by atoms with van der Waals surface area (Å²) < 4.78 is 7.06. The van der Waals surface area contributed by atoms with Gasteiger partial charge in [-0.15, -0.1) is 0 Å². The minimum atomic E-state index is -0.501. The molecule has 0 unspecified atom stereocenters. The number of benzene rings is 1. The Morgan fingerprint density at radius 3 is 2.73 bits per heavy atom. The zero-order valence-corrected chi connectivity index (χ0v) is 11.6. The van der Waals surface area contributed by atoms with Crippen LogP contribution in [0.2, 0.25) is 0 Å². The van der Waals surface area contributed by atoms with Gasteiger partial charge in [-0.25, -0.2) is 4.79 Å². The number of pyridine rings is 1. The number of aromatic nitrogens is 1. The van der Waals surface area contributed by atoms with Gasteiger partial charge < -0.3 is 14.2 Å². The third kappa shape index (κ3) is 2.50. The molecule has 0 bridgehead atoms. The van der Waals surface area contributed by atoms with Gasteiger partial charge in [-0.05, 0) is 36.4 Å². The fourth-order valence-corrected chi connectivity index (χ4v) is 2.24. The number of carbonyl (C=O) groups is 1. The molecule has 1 N–H and O–H groups in total. The SMILES string of the molecule is N#Cc1c(COC(=O)c2ccc(O)cc2)cn2ccccc12. The van der Waals surface area contributed by atoms with Crippen molar-refractivity contribution in [1.82, 2.24) is 4.40 Å². The van der Waals surface area contributed by atoms with E-state index in [0.717, 1.165) is 5.52 Å². The number of hydrogen-bond acceptors (Lipinski definition) is 4. The van der Waals surface area contributed by atoms with Crippen molar-refractivity contribution in [3.05, 3.63) is 71.5 Å². The maximum atomic E-state index is 12.0. The summed E-state index contributed by atoms with van der Waals surface area (Å²) in [6.07, 6.45) is 3.61. The van der Waals surface area contributed by atoms with E-state index in [1.807, 2.05) is 28.8 Å². The first-order chi connectivity index (χ1) is 10.7. The number of hydrogen-bond donors (Lipinski definition) is 1. The van der Waals surface area contributed by atoms with Gasteiger partial charge in [0.2, 0.25) is 0 Å². The molecule has 2 heterocycles. The molecular weight excluding hydrogens is 280 g/mol. The Bertz CT molecular complexity index is 873. The normalized spacial score (nSPS) is 10.3. The van der Waals surface area contributed by atoms with Crippen molar-refractivity contribution in [2.45, 2.75) is 6.61 Å². The second-order valence-corrected chi connectivity index (χ2v) is 4.76. The van der Waals surface area contributed by atoms with Crippen LogP contribution in [-0.4, -0.2) is 15.5 Å². The fourth-order valence-electron chi connectivity index (χ4n) is 2.24. The van der Waals surface area contributed by atoms with Crippen molar-refractivity contribution < 1.29 is 14.6 Å². The zero-order valence-electron chi connectivity index (χ0n) is 11.6. The molecule has 0 saturated heterocycles. The number of phenols is 1. The highest BCUT2D eigenvalue weighted by Crippen LogP contribution is 2.19. The summed E-state index contributed by atoms with van der Waals surface area (Å²) in [6.45, 7) is 0.0181. The number of nitrogens with zero attached hydrogens (tertiary/aromatic N) is 2. The van der Waals surface area contributed by atoms with Crippen LogP contribution in [0.5, 0.6) is 5.75 Å². The van der Waals surface area contributed by atoms with E-state index >= 15 is 0 Å². The second kappa shape index (κ2) is 5.62. The molecular formula is C17H12N2O3. The minimum absolute atomic E-state index is 0.0181. The molecule has 0 saturated carbocycles. The summed E-state index contributed by atoms with van der Waals surface area (Å²) in [7, 11) is 0. The van der Waals surface area contributed by atoms with Crippen LogP contribution in [0.3, 0.4) is 0 Å². The van der Waals surface area contributed by atoms with Crippen molar-refractivity contribution >= 4 is 11.5 Å². The average molecular weight is 292 g/mol. The number of carbonyl (C=O) groups excluding carboxylic acids is 1. The van der Waals surface area contributed by atoms with Crippen LogP contribution in [0.25, 0.3) is 5.52 Å². The van der Waals surface area contributed by atoms with Crippen LogP contribution in [0.1, 0.15) is 21.5 Å². The van der Waals surface area contributed by atoms with E-state index in [-0.39, 0.29) is 12.4 Å². The topological polar surface area (TPSA) is 74.7 Å². The highest BCUT2D eigenvalue weighted by molar-refractivity contribution is 5.89. The van der Waals surface area contributed by atoms with Gasteiger partial charge in [0.15, 0.2) is 0 Å². The van der Waals surface area contributed by atoms with Crippen LogP contribution in [0, 0.1) is 11.3 Å². The Morgan fingerprint density at radius 2 is 2.00 bits per heavy atom. The highest BCUT2D eigenvalue weighted by atomic mass is 16.5. The Labute approximate surface area is 126 Å². The predicted molar refractivity (Wildman–Crippen MR) is 79.3 cm³/mol. The molecule has 2 aromatic heterocycles. The molecule has 3 aromatic rings.